The summed E-state index contributed by atoms with van der Waals surface area (Å²) in [7, 11) is 0. The van der Waals surface area contributed by atoms with Crippen LogP contribution in [0.5, 0.6) is 0 Å². The molecule has 0 aromatic heterocycles. The molecule has 80 valence electrons. The molecule has 3 rings (SSSR count). The number of hydrogen-bond donors (Lipinski definition) is 0. The third-order valence-corrected chi connectivity index (χ3v) is 4.09. The summed E-state index contributed by atoms with van der Waals surface area (Å²) in [6, 6.07) is 10.5. The molecule has 2 aliphatic rings. The Morgan fingerprint density at radius 1 is 1.07 bits per heavy atom. The van der Waals surface area contributed by atoms with Gasteiger partial charge in [-0.25, -0.2) is 0 Å². The highest BCUT2D eigenvalue weighted by Crippen LogP contribution is 2.40. The maximum atomic E-state index is 3.50. The quantitative estimate of drug-likeness (QED) is 0.788. The lowest BCUT2D eigenvalue weighted by atomic mass is 10.0. The molecule has 2 fully saturated rings. The molecule has 1 saturated carbocycles. The molecule has 1 unspecified atom stereocenters. The van der Waals surface area contributed by atoms with Crippen LogP contribution in [-0.4, -0.2) is 17.5 Å². The van der Waals surface area contributed by atoms with Crippen molar-refractivity contribution in [2.45, 2.75) is 37.8 Å². The van der Waals surface area contributed by atoms with Crippen molar-refractivity contribution in [1.29, 1.82) is 0 Å². The second kappa shape index (κ2) is 3.91. The summed E-state index contributed by atoms with van der Waals surface area (Å²) in [4.78, 5) is 2.71. The second-order valence-corrected chi connectivity index (χ2v) is 5.59. The van der Waals surface area contributed by atoms with E-state index in [-0.39, 0.29) is 0 Å². The molecule has 0 radical (unpaired) electrons. The average Bonchev–Trinajstić information content (AvgIpc) is 2.98. The van der Waals surface area contributed by atoms with E-state index in [1.54, 1.807) is 0 Å². The highest BCUT2D eigenvalue weighted by Gasteiger charge is 2.37. The van der Waals surface area contributed by atoms with Gasteiger partial charge in [0.1, 0.15) is 0 Å². The van der Waals surface area contributed by atoms with Gasteiger partial charge in [-0.05, 0) is 49.9 Å². The van der Waals surface area contributed by atoms with Gasteiger partial charge in [0.15, 0.2) is 0 Å². The molecule has 1 heterocycles. The summed E-state index contributed by atoms with van der Waals surface area (Å²) < 4.78 is 1.18. The number of hydrogen-bond acceptors (Lipinski definition) is 1. The van der Waals surface area contributed by atoms with Crippen LogP contribution in [0.1, 0.15) is 37.3 Å². The first-order valence-electron chi connectivity index (χ1n) is 5.86. The molecule has 2 heteroatoms. The van der Waals surface area contributed by atoms with Crippen LogP contribution in [0.25, 0.3) is 0 Å². The third kappa shape index (κ3) is 1.98. The molecule has 1 nitrogen and oxygen atoms in total. The van der Waals surface area contributed by atoms with Crippen molar-refractivity contribution in [2.75, 3.05) is 6.54 Å². The van der Waals surface area contributed by atoms with Crippen LogP contribution in [0.3, 0.4) is 0 Å². The zero-order valence-electron chi connectivity index (χ0n) is 8.82. The largest absolute Gasteiger partial charge is 0.293 e. The molecule has 1 aliphatic carbocycles. The number of rotatable bonds is 2. The zero-order valence-corrected chi connectivity index (χ0v) is 10.4. The van der Waals surface area contributed by atoms with E-state index in [4.69, 9.17) is 0 Å². The molecule has 15 heavy (non-hydrogen) atoms. The second-order valence-electron chi connectivity index (χ2n) is 4.68. The van der Waals surface area contributed by atoms with Gasteiger partial charge in [-0.1, -0.05) is 28.1 Å². The smallest absolute Gasteiger partial charge is 0.0351 e. The molecule has 1 aromatic carbocycles. The summed E-state index contributed by atoms with van der Waals surface area (Å²) in [5, 5.41) is 0. The molecule has 1 atom stereocenters. The molecule has 0 spiro atoms. The van der Waals surface area contributed by atoms with Crippen molar-refractivity contribution < 1.29 is 0 Å². The lowest BCUT2D eigenvalue weighted by molar-refractivity contribution is 0.246. The van der Waals surface area contributed by atoms with Gasteiger partial charge >= 0.3 is 0 Å². The Morgan fingerprint density at radius 2 is 1.80 bits per heavy atom. The van der Waals surface area contributed by atoms with Gasteiger partial charge in [-0.2, -0.15) is 0 Å². The minimum atomic E-state index is 0.700. The van der Waals surface area contributed by atoms with Crippen molar-refractivity contribution in [1.82, 2.24) is 4.90 Å². The Hall–Kier alpha value is -0.340. The van der Waals surface area contributed by atoms with Gasteiger partial charge in [-0.15, -0.1) is 0 Å². The molecule has 0 bridgehead atoms. The summed E-state index contributed by atoms with van der Waals surface area (Å²) in [6.07, 6.45) is 5.56. The Kier molecular flexibility index (Phi) is 2.57. The summed E-state index contributed by atoms with van der Waals surface area (Å²) in [6.45, 7) is 1.31. The molecular weight excluding hydrogens is 250 g/mol. The highest BCUT2D eigenvalue weighted by molar-refractivity contribution is 9.10. The van der Waals surface area contributed by atoms with Crippen molar-refractivity contribution in [3.63, 3.8) is 0 Å². The van der Waals surface area contributed by atoms with Crippen LogP contribution in [0.15, 0.2) is 28.7 Å². The lowest BCUT2D eigenvalue weighted by Crippen LogP contribution is -2.25. The standard InChI is InChI=1S/C13H16BrN/c14-11-5-3-10(4-6-11)13-2-1-9-15(13)12-7-8-12/h3-6,12-13H,1-2,7-9H2. The minimum Gasteiger partial charge on any atom is -0.293 e. The van der Waals surface area contributed by atoms with Crippen LogP contribution in [-0.2, 0) is 0 Å². The monoisotopic (exact) mass is 265 g/mol. The van der Waals surface area contributed by atoms with Gasteiger partial charge in [0.25, 0.3) is 0 Å². The fraction of sp³-hybridized carbons (Fsp3) is 0.538. The first-order valence-corrected chi connectivity index (χ1v) is 6.65. The van der Waals surface area contributed by atoms with E-state index in [2.05, 4.69) is 45.1 Å². The van der Waals surface area contributed by atoms with Gasteiger partial charge in [0, 0.05) is 16.6 Å². The number of benzene rings is 1. The van der Waals surface area contributed by atoms with E-state index in [9.17, 15) is 0 Å². The minimum absolute atomic E-state index is 0.700. The lowest BCUT2D eigenvalue weighted by Gasteiger charge is -2.24. The van der Waals surface area contributed by atoms with Crippen molar-refractivity contribution in [3.05, 3.63) is 34.3 Å². The topological polar surface area (TPSA) is 3.24 Å². The Labute approximate surface area is 99.6 Å². The van der Waals surface area contributed by atoms with E-state index in [0.29, 0.717) is 6.04 Å². The van der Waals surface area contributed by atoms with Crippen LogP contribution >= 0.6 is 15.9 Å². The first-order chi connectivity index (χ1) is 7.34. The highest BCUT2D eigenvalue weighted by atomic mass is 79.9. The van der Waals surface area contributed by atoms with Gasteiger partial charge in [0.2, 0.25) is 0 Å². The number of likely N-dealkylation sites (tertiary alicyclic amines) is 1. The predicted octanol–water partition coefficient (Wildman–Crippen LogP) is 3.75. The number of halogens is 1. The average molecular weight is 266 g/mol. The summed E-state index contributed by atoms with van der Waals surface area (Å²) in [5.74, 6) is 0. The van der Waals surface area contributed by atoms with E-state index in [1.165, 1.54) is 42.3 Å². The SMILES string of the molecule is Brc1ccc(C2CCCN2C2CC2)cc1. The molecular formula is C13H16BrN. The van der Waals surface area contributed by atoms with E-state index in [1.807, 2.05) is 0 Å². The number of nitrogens with zero attached hydrogens (tertiary/aromatic N) is 1. The van der Waals surface area contributed by atoms with Gasteiger partial charge < -0.3 is 0 Å². The van der Waals surface area contributed by atoms with Crippen LogP contribution < -0.4 is 0 Å². The molecule has 1 aromatic rings. The van der Waals surface area contributed by atoms with Crippen molar-refractivity contribution >= 4 is 15.9 Å². The summed E-state index contributed by atoms with van der Waals surface area (Å²) >= 11 is 3.50. The maximum Gasteiger partial charge on any atom is 0.0351 e. The normalized spacial score (nSPS) is 27.1. The fourth-order valence-corrected chi connectivity index (χ4v) is 2.94. The van der Waals surface area contributed by atoms with Crippen molar-refractivity contribution in [3.8, 4) is 0 Å². The molecule has 0 N–H and O–H groups in total. The van der Waals surface area contributed by atoms with Gasteiger partial charge in [0.05, 0.1) is 0 Å². The molecule has 1 saturated heterocycles. The van der Waals surface area contributed by atoms with E-state index in [0.717, 1.165) is 6.04 Å². The van der Waals surface area contributed by atoms with E-state index >= 15 is 0 Å². The summed E-state index contributed by atoms with van der Waals surface area (Å²) in [5.41, 5.74) is 1.50. The van der Waals surface area contributed by atoms with Crippen LogP contribution in [0.2, 0.25) is 0 Å². The van der Waals surface area contributed by atoms with Crippen molar-refractivity contribution in [2.24, 2.45) is 0 Å². The zero-order chi connectivity index (χ0) is 10.3. The Morgan fingerprint density at radius 3 is 2.47 bits per heavy atom. The molecule has 1 aliphatic heterocycles. The van der Waals surface area contributed by atoms with E-state index < -0.39 is 0 Å². The third-order valence-electron chi connectivity index (χ3n) is 3.56. The van der Waals surface area contributed by atoms with Gasteiger partial charge in [-0.3, -0.25) is 4.90 Å². The predicted molar refractivity (Wildman–Crippen MR) is 65.8 cm³/mol. The van der Waals surface area contributed by atoms with Crippen LogP contribution in [0.4, 0.5) is 0 Å². The Balaban J connectivity index is 1.82. The maximum absolute atomic E-state index is 3.50. The van der Waals surface area contributed by atoms with Crippen LogP contribution in [0, 0.1) is 0 Å². The first kappa shape index (κ1) is 9.86. The Bertz CT molecular complexity index is 342. The molecule has 0 amide bonds. The fourth-order valence-electron chi connectivity index (χ4n) is 2.68.